The Morgan fingerprint density at radius 3 is 1.74 bits per heavy atom. The Labute approximate surface area is 121 Å². The van der Waals surface area contributed by atoms with Gasteiger partial charge in [-0.15, -0.1) is 0 Å². The molecule has 0 aliphatic heterocycles. The Balaban J connectivity index is 2.11. The Bertz CT molecular complexity index is 309. The molecule has 110 valence electrons. The fourth-order valence-electron chi connectivity index (χ4n) is 4.48. The van der Waals surface area contributed by atoms with Crippen molar-refractivity contribution in [3.05, 3.63) is 11.1 Å². The van der Waals surface area contributed by atoms with Gasteiger partial charge in [-0.1, -0.05) is 63.5 Å². The normalized spacial score (nSPS) is 25.3. The first-order valence-corrected chi connectivity index (χ1v) is 8.71. The largest absolute Gasteiger partial charge is 0.0707 e. The average molecular weight is 262 g/mol. The molecule has 0 amide bonds. The van der Waals surface area contributed by atoms with Crippen molar-refractivity contribution >= 4 is 0 Å². The molecule has 0 N–H and O–H groups in total. The van der Waals surface area contributed by atoms with Crippen molar-refractivity contribution in [2.24, 2.45) is 17.3 Å². The van der Waals surface area contributed by atoms with Crippen LogP contribution in [0.5, 0.6) is 0 Å². The Morgan fingerprint density at radius 2 is 1.21 bits per heavy atom. The molecular weight excluding hydrogens is 228 g/mol. The highest BCUT2D eigenvalue weighted by atomic mass is 14.4. The molecule has 19 heavy (non-hydrogen) atoms. The van der Waals surface area contributed by atoms with Crippen molar-refractivity contribution in [3.8, 4) is 0 Å². The minimum absolute atomic E-state index is 0.432. The third-order valence-electron chi connectivity index (χ3n) is 6.40. The van der Waals surface area contributed by atoms with E-state index in [0.29, 0.717) is 5.41 Å². The van der Waals surface area contributed by atoms with Crippen LogP contribution in [0.2, 0.25) is 0 Å². The van der Waals surface area contributed by atoms with Crippen molar-refractivity contribution in [3.63, 3.8) is 0 Å². The lowest BCUT2D eigenvalue weighted by Gasteiger charge is -2.40. The summed E-state index contributed by atoms with van der Waals surface area (Å²) in [5, 5.41) is 0. The van der Waals surface area contributed by atoms with Crippen molar-refractivity contribution < 1.29 is 0 Å². The molecule has 0 spiro atoms. The molecule has 2 saturated carbocycles. The first-order valence-electron chi connectivity index (χ1n) is 8.71. The molecule has 0 aromatic rings. The topological polar surface area (TPSA) is 0 Å². The van der Waals surface area contributed by atoms with E-state index in [1.54, 1.807) is 11.1 Å². The smallest absolute Gasteiger partial charge is 0.0117 e. The third-order valence-corrected chi connectivity index (χ3v) is 6.40. The summed E-state index contributed by atoms with van der Waals surface area (Å²) in [6, 6.07) is 0. The molecule has 0 heterocycles. The lowest BCUT2D eigenvalue weighted by Crippen LogP contribution is -2.29. The molecule has 0 heteroatoms. The van der Waals surface area contributed by atoms with Gasteiger partial charge in [0.1, 0.15) is 0 Å². The first kappa shape index (κ1) is 15.1. The van der Waals surface area contributed by atoms with Crippen LogP contribution in [-0.2, 0) is 0 Å². The molecule has 0 atom stereocenters. The summed E-state index contributed by atoms with van der Waals surface area (Å²) < 4.78 is 0. The van der Waals surface area contributed by atoms with Crippen molar-refractivity contribution in [1.29, 1.82) is 0 Å². The van der Waals surface area contributed by atoms with Gasteiger partial charge in [-0.2, -0.15) is 0 Å². The van der Waals surface area contributed by atoms with E-state index in [1.165, 1.54) is 64.2 Å². The van der Waals surface area contributed by atoms with E-state index in [4.69, 9.17) is 0 Å². The van der Waals surface area contributed by atoms with Crippen LogP contribution < -0.4 is 0 Å². The zero-order valence-electron chi connectivity index (χ0n) is 13.7. The summed E-state index contributed by atoms with van der Waals surface area (Å²) in [5.41, 5.74) is 3.91. The van der Waals surface area contributed by atoms with Crippen LogP contribution in [0, 0.1) is 17.3 Å². The summed E-state index contributed by atoms with van der Waals surface area (Å²) in [7, 11) is 0. The molecule has 0 aromatic heterocycles. The summed E-state index contributed by atoms with van der Waals surface area (Å²) in [4.78, 5) is 0. The van der Waals surface area contributed by atoms with Gasteiger partial charge in [-0.25, -0.2) is 0 Å². The standard InChI is InChI=1S/C19H34/c1-15(17-11-7-5-8-12-17)16(2)19(3,4)18-13-9-6-10-14-18/h17-18H,5-14H2,1-4H3. The van der Waals surface area contributed by atoms with E-state index >= 15 is 0 Å². The zero-order chi connectivity index (χ0) is 13.9. The number of hydrogen-bond donors (Lipinski definition) is 0. The quantitative estimate of drug-likeness (QED) is 0.509. The van der Waals surface area contributed by atoms with Crippen LogP contribution in [0.1, 0.15) is 91.9 Å². The van der Waals surface area contributed by atoms with Gasteiger partial charge in [0.25, 0.3) is 0 Å². The molecule has 0 nitrogen and oxygen atoms in total. The van der Waals surface area contributed by atoms with Gasteiger partial charge < -0.3 is 0 Å². The SMILES string of the molecule is CC(=C(C)C(C)(C)C1CCCCC1)C1CCCCC1. The van der Waals surface area contributed by atoms with Crippen LogP contribution in [0.3, 0.4) is 0 Å². The monoisotopic (exact) mass is 262 g/mol. The molecule has 0 aromatic carbocycles. The summed E-state index contributed by atoms with van der Waals surface area (Å²) >= 11 is 0. The van der Waals surface area contributed by atoms with Gasteiger partial charge in [0.05, 0.1) is 0 Å². The van der Waals surface area contributed by atoms with Gasteiger partial charge in [-0.3, -0.25) is 0 Å². The average Bonchev–Trinajstić information content (AvgIpc) is 2.47. The van der Waals surface area contributed by atoms with E-state index < -0.39 is 0 Å². The van der Waals surface area contributed by atoms with E-state index in [-0.39, 0.29) is 0 Å². The third kappa shape index (κ3) is 3.44. The molecule has 0 radical (unpaired) electrons. The maximum absolute atomic E-state index is 2.52. The van der Waals surface area contributed by atoms with Crippen LogP contribution in [-0.4, -0.2) is 0 Å². The van der Waals surface area contributed by atoms with E-state index in [9.17, 15) is 0 Å². The lowest BCUT2D eigenvalue weighted by atomic mass is 9.65. The minimum Gasteiger partial charge on any atom is -0.0707 e. The molecule has 0 unspecified atom stereocenters. The number of allylic oxidation sites excluding steroid dienone is 2. The van der Waals surface area contributed by atoms with Gasteiger partial charge in [-0.05, 0) is 56.8 Å². The van der Waals surface area contributed by atoms with Gasteiger partial charge >= 0.3 is 0 Å². The number of rotatable bonds is 3. The second kappa shape index (κ2) is 6.46. The molecule has 2 aliphatic carbocycles. The predicted octanol–water partition coefficient (Wildman–Crippen LogP) is 6.51. The molecule has 0 saturated heterocycles. The lowest BCUT2D eigenvalue weighted by molar-refractivity contribution is 0.193. The van der Waals surface area contributed by atoms with E-state index in [0.717, 1.165) is 11.8 Å². The Kier molecular flexibility index (Phi) is 5.15. The second-order valence-electron chi connectivity index (χ2n) is 7.70. The highest BCUT2D eigenvalue weighted by Gasteiger charge is 2.33. The predicted molar refractivity (Wildman–Crippen MR) is 85.3 cm³/mol. The van der Waals surface area contributed by atoms with Crippen LogP contribution in [0.15, 0.2) is 11.1 Å². The van der Waals surface area contributed by atoms with E-state index in [2.05, 4.69) is 27.7 Å². The fourth-order valence-corrected chi connectivity index (χ4v) is 4.48. The van der Waals surface area contributed by atoms with Gasteiger partial charge in [0, 0.05) is 0 Å². The van der Waals surface area contributed by atoms with E-state index in [1.807, 2.05) is 0 Å². The van der Waals surface area contributed by atoms with Crippen LogP contribution in [0.4, 0.5) is 0 Å². The second-order valence-corrected chi connectivity index (χ2v) is 7.70. The van der Waals surface area contributed by atoms with Crippen molar-refractivity contribution in [2.75, 3.05) is 0 Å². The van der Waals surface area contributed by atoms with Crippen LogP contribution in [0.25, 0.3) is 0 Å². The Morgan fingerprint density at radius 1 is 0.737 bits per heavy atom. The van der Waals surface area contributed by atoms with Crippen molar-refractivity contribution in [2.45, 2.75) is 91.9 Å². The van der Waals surface area contributed by atoms with Gasteiger partial charge in [0.15, 0.2) is 0 Å². The molecule has 2 rings (SSSR count). The molecule has 0 bridgehead atoms. The maximum Gasteiger partial charge on any atom is -0.0117 e. The van der Waals surface area contributed by atoms with Crippen LogP contribution >= 0.6 is 0 Å². The highest BCUT2D eigenvalue weighted by Crippen LogP contribution is 2.45. The maximum atomic E-state index is 2.52. The minimum atomic E-state index is 0.432. The first-order chi connectivity index (χ1) is 9.03. The zero-order valence-corrected chi connectivity index (χ0v) is 13.7. The fraction of sp³-hybridized carbons (Fsp3) is 0.895. The van der Waals surface area contributed by atoms with Gasteiger partial charge in [0.2, 0.25) is 0 Å². The highest BCUT2D eigenvalue weighted by molar-refractivity contribution is 5.21. The summed E-state index contributed by atoms with van der Waals surface area (Å²) in [6.07, 6.45) is 14.6. The molecular formula is C19H34. The Hall–Kier alpha value is -0.260. The van der Waals surface area contributed by atoms with Crippen molar-refractivity contribution in [1.82, 2.24) is 0 Å². The summed E-state index contributed by atoms with van der Waals surface area (Å²) in [5.74, 6) is 1.83. The molecule has 2 aliphatic rings. The number of hydrogen-bond acceptors (Lipinski definition) is 0. The molecule has 2 fully saturated rings. The summed E-state index contributed by atoms with van der Waals surface area (Å²) in [6.45, 7) is 9.92.